The molecular formula is C13H21ClF3N3O. The molecule has 1 unspecified atom stereocenters. The zero-order chi connectivity index (χ0) is 16.0. The molecule has 1 heterocycles. The van der Waals surface area contributed by atoms with Gasteiger partial charge in [-0.15, -0.1) is 0 Å². The lowest BCUT2D eigenvalue weighted by Gasteiger charge is -2.19. The van der Waals surface area contributed by atoms with Crippen LogP contribution in [0.15, 0.2) is 0 Å². The van der Waals surface area contributed by atoms with Gasteiger partial charge in [-0.1, -0.05) is 18.5 Å². The van der Waals surface area contributed by atoms with Crippen LogP contribution in [0.5, 0.6) is 0 Å². The Kier molecular flexibility index (Phi) is 6.96. The number of aryl methyl sites for hydroxylation is 2. The molecule has 1 N–H and O–H groups in total. The standard InChI is InChI=1S/C13H21ClF3N3O/c1-4-5-18-10(7-21-8-13(15,16)17)6-11-9(2)19-20(3)12(11)14/h10,18H,4-8H2,1-3H3. The summed E-state index contributed by atoms with van der Waals surface area (Å²) in [4.78, 5) is 0. The first kappa shape index (κ1) is 18.3. The summed E-state index contributed by atoms with van der Waals surface area (Å²) in [6.07, 6.45) is -2.94. The number of alkyl halides is 3. The van der Waals surface area contributed by atoms with Crippen molar-refractivity contribution >= 4 is 11.6 Å². The van der Waals surface area contributed by atoms with E-state index in [9.17, 15) is 13.2 Å². The second-order valence-electron chi connectivity index (χ2n) is 4.96. The molecule has 0 radical (unpaired) electrons. The molecule has 0 aromatic carbocycles. The highest BCUT2D eigenvalue weighted by molar-refractivity contribution is 6.30. The van der Waals surface area contributed by atoms with E-state index >= 15 is 0 Å². The van der Waals surface area contributed by atoms with Crippen molar-refractivity contribution < 1.29 is 17.9 Å². The number of hydrogen-bond donors (Lipinski definition) is 1. The predicted octanol–water partition coefficient (Wildman–Crippen LogP) is 2.87. The third-order valence-electron chi connectivity index (χ3n) is 2.99. The lowest BCUT2D eigenvalue weighted by Crippen LogP contribution is -2.37. The lowest BCUT2D eigenvalue weighted by atomic mass is 10.1. The first-order valence-electron chi connectivity index (χ1n) is 6.80. The fraction of sp³-hybridized carbons (Fsp3) is 0.769. The van der Waals surface area contributed by atoms with Gasteiger partial charge in [0.2, 0.25) is 0 Å². The van der Waals surface area contributed by atoms with E-state index in [1.807, 2.05) is 13.8 Å². The van der Waals surface area contributed by atoms with E-state index in [1.54, 1.807) is 11.7 Å². The maximum Gasteiger partial charge on any atom is 0.411 e. The lowest BCUT2D eigenvalue weighted by molar-refractivity contribution is -0.175. The Morgan fingerprint density at radius 1 is 1.43 bits per heavy atom. The van der Waals surface area contributed by atoms with Gasteiger partial charge < -0.3 is 10.1 Å². The van der Waals surface area contributed by atoms with Crippen molar-refractivity contribution in [2.24, 2.45) is 7.05 Å². The summed E-state index contributed by atoms with van der Waals surface area (Å²) in [6, 6.07) is -0.229. The molecule has 1 aromatic rings. The van der Waals surface area contributed by atoms with Crippen LogP contribution < -0.4 is 5.32 Å². The summed E-state index contributed by atoms with van der Waals surface area (Å²) in [7, 11) is 1.73. The van der Waals surface area contributed by atoms with Crippen LogP contribution in [0.25, 0.3) is 0 Å². The van der Waals surface area contributed by atoms with E-state index in [-0.39, 0.29) is 12.6 Å². The summed E-state index contributed by atoms with van der Waals surface area (Å²) >= 11 is 6.15. The molecule has 0 aliphatic rings. The van der Waals surface area contributed by atoms with Gasteiger partial charge in [0.1, 0.15) is 11.8 Å². The Hall–Kier alpha value is -0.790. The van der Waals surface area contributed by atoms with Gasteiger partial charge in [0.05, 0.1) is 12.3 Å². The van der Waals surface area contributed by atoms with Crippen LogP contribution in [0.2, 0.25) is 5.15 Å². The Morgan fingerprint density at radius 3 is 2.57 bits per heavy atom. The Balaban J connectivity index is 2.64. The average molecular weight is 328 g/mol. The van der Waals surface area contributed by atoms with Crippen LogP contribution in [0, 0.1) is 6.92 Å². The van der Waals surface area contributed by atoms with Crippen LogP contribution in [0.3, 0.4) is 0 Å². The van der Waals surface area contributed by atoms with Crippen molar-refractivity contribution in [3.8, 4) is 0 Å². The van der Waals surface area contributed by atoms with Gasteiger partial charge in [-0.3, -0.25) is 4.68 Å². The highest BCUT2D eigenvalue weighted by Gasteiger charge is 2.28. The molecule has 1 atom stereocenters. The number of nitrogens with one attached hydrogen (secondary N) is 1. The molecular weight excluding hydrogens is 307 g/mol. The van der Waals surface area contributed by atoms with Crippen LogP contribution in [-0.2, 0) is 18.2 Å². The van der Waals surface area contributed by atoms with Gasteiger partial charge in [0.15, 0.2) is 0 Å². The fourth-order valence-corrected chi connectivity index (χ4v) is 2.26. The number of rotatable bonds is 8. The predicted molar refractivity (Wildman–Crippen MR) is 75.6 cm³/mol. The third-order valence-corrected chi connectivity index (χ3v) is 3.46. The summed E-state index contributed by atoms with van der Waals surface area (Å²) in [5.41, 5.74) is 1.62. The number of nitrogens with zero attached hydrogens (tertiary/aromatic N) is 2. The van der Waals surface area contributed by atoms with Gasteiger partial charge in [0.25, 0.3) is 0 Å². The largest absolute Gasteiger partial charge is 0.411 e. The van der Waals surface area contributed by atoms with Crippen molar-refractivity contribution in [2.45, 2.75) is 38.9 Å². The number of hydrogen-bond acceptors (Lipinski definition) is 3. The van der Waals surface area contributed by atoms with Gasteiger partial charge in [-0.05, 0) is 26.3 Å². The number of aromatic nitrogens is 2. The molecule has 0 aliphatic heterocycles. The van der Waals surface area contributed by atoms with Crippen molar-refractivity contribution in [3.63, 3.8) is 0 Å². The maximum atomic E-state index is 12.1. The molecule has 8 heteroatoms. The van der Waals surface area contributed by atoms with Crippen LogP contribution in [0.1, 0.15) is 24.6 Å². The molecule has 1 rings (SSSR count). The minimum Gasteiger partial charge on any atom is -0.370 e. The highest BCUT2D eigenvalue weighted by Crippen LogP contribution is 2.21. The summed E-state index contributed by atoms with van der Waals surface area (Å²) in [5.74, 6) is 0. The molecule has 0 saturated carbocycles. The molecule has 1 aromatic heterocycles. The Labute approximate surface area is 127 Å². The summed E-state index contributed by atoms with van der Waals surface area (Å²) in [5, 5.41) is 7.89. The third kappa shape index (κ3) is 6.23. The van der Waals surface area contributed by atoms with E-state index in [2.05, 4.69) is 10.4 Å². The van der Waals surface area contributed by atoms with Crippen molar-refractivity contribution in [3.05, 3.63) is 16.4 Å². The molecule has 4 nitrogen and oxygen atoms in total. The van der Waals surface area contributed by atoms with Gasteiger partial charge in [0, 0.05) is 18.7 Å². The molecule has 0 fully saturated rings. The van der Waals surface area contributed by atoms with Gasteiger partial charge >= 0.3 is 6.18 Å². The van der Waals surface area contributed by atoms with Crippen molar-refractivity contribution in [1.82, 2.24) is 15.1 Å². The zero-order valence-corrected chi connectivity index (χ0v) is 13.2. The molecule has 0 bridgehead atoms. The van der Waals surface area contributed by atoms with Crippen molar-refractivity contribution in [1.29, 1.82) is 0 Å². The molecule has 0 spiro atoms. The van der Waals surface area contributed by atoms with Crippen LogP contribution in [0.4, 0.5) is 13.2 Å². The Morgan fingerprint density at radius 2 is 2.10 bits per heavy atom. The first-order chi connectivity index (χ1) is 9.74. The van der Waals surface area contributed by atoms with Crippen molar-refractivity contribution in [2.75, 3.05) is 19.8 Å². The summed E-state index contributed by atoms with van der Waals surface area (Å²) < 4.78 is 42.7. The number of ether oxygens (including phenoxy) is 1. The minimum absolute atomic E-state index is 0.0236. The molecule has 21 heavy (non-hydrogen) atoms. The average Bonchev–Trinajstić information content (AvgIpc) is 2.60. The van der Waals surface area contributed by atoms with Crippen LogP contribution >= 0.6 is 11.6 Å². The SMILES string of the molecule is CCCNC(COCC(F)(F)F)Cc1c(C)nn(C)c1Cl. The van der Waals surface area contributed by atoms with Crippen LogP contribution in [-0.4, -0.2) is 41.8 Å². The summed E-state index contributed by atoms with van der Waals surface area (Å²) in [6.45, 7) is 3.26. The topological polar surface area (TPSA) is 39.1 Å². The van der Waals surface area contributed by atoms with E-state index in [1.165, 1.54) is 0 Å². The normalized spacial score (nSPS) is 13.7. The van der Waals surface area contributed by atoms with E-state index < -0.39 is 12.8 Å². The first-order valence-corrected chi connectivity index (χ1v) is 7.18. The molecule has 0 amide bonds. The maximum absolute atomic E-state index is 12.1. The molecule has 0 saturated heterocycles. The highest BCUT2D eigenvalue weighted by atomic mass is 35.5. The Bertz CT molecular complexity index is 449. The van der Waals surface area contributed by atoms with Gasteiger partial charge in [-0.25, -0.2) is 0 Å². The quantitative estimate of drug-likeness (QED) is 0.798. The fourth-order valence-electron chi connectivity index (χ4n) is 2.01. The second-order valence-corrected chi connectivity index (χ2v) is 5.32. The van der Waals surface area contributed by atoms with E-state index in [0.717, 1.165) is 17.7 Å². The van der Waals surface area contributed by atoms with Gasteiger partial charge in [-0.2, -0.15) is 18.3 Å². The molecule has 0 aliphatic carbocycles. The van der Waals surface area contributed by atoms with E-state index in [4.69, 9.17) is 16.3 Å². The molecule has 122 valence electrons. The monoisotopic (exact) mass is 327 g/mol. The van der Waals surface area contributed by atoms with E-state index in [0.29, 0.717) is 18.1 Å². The smallest absolute Gasteiger partial charge is 0.370 e. The zero-order valence-electron chi connectivity index (χ0n) is 12.4. The second kappa shape index (κ2) is 8.00. The number of halogens is 4. The minimum atomic E-state index is -4.31.